The number of nitrogens with zero attached hydrogens (tertiary/aromatic N) is 2. The first-order valence-electron chi connectivity index (χ1n) is 7.03. The van der Waals surface area contributed by atoms with E-state index < -0.39 is 11.0 Å². The van der Waals surface area contributed by atoms with Gasteiger partial charge in [-0.15, -0.1) is 0 Å². The summed E-state index contributed by atoms with van der Waals surface area (Å²) in [5.41, 5.74) is 0.205. The van der Waals surface area contributed by atoms with Crippen LogP contribution >= 0.6 is 0 Å². The average molecular weight is 306 g/mol. The summed E-state index contributed by atoms with van der Waals surface area (Å²) >= 11 is 0. The lowest BCUT2D eigenvalue weighted by molar-refractivity contribution is -0.383. The van der Waals surface area contributed by atoms with Gasteiger partial charge < -0.3 is 15.5 Å². The maximum absolute atomic E-state index is 12.2. The molecule has 8 heteroatoms. The monoisotopic (exact) mass is 306 g/mol. The molecule has 8 nitrogen and oxygen atoms in total. The van der Waals surface area contributed by atoms with Crippen LogP contribution in [-0.4, -0.2) is 47.8 Å². The molecule has 0 aliphatic carbocycles. The number of para-hydroxylation sites is 2. The van der Waals surface area contributed by atoms with E-state index in [0.29, 0.717) is 13.0 Å². The van der Waals surface area contributed by atoms with Gasteiger partial charge in [0.25, 0.3) is 5.69 Å². The summed E-state index contributed by atoms with van der Waals surface area (Å²) in [4.78, 5) is 35.9. The van der Waals surface area contributed by atoms with E-state index in [1.54, 1.807) is 18.2 Å². The van der Waals surface area contributed by atoms with Gasteiger partial charge in [-0.2, -0.15) is 0 Å². The Hall–Kier alpha value is -2.64. The van der Waals surface area contributed by atoms with Crippen molar-refractivity contribution < 1.29 is 14.5 Å². The molecule has 1 heterocycles. The zero-order valence-corrected chi connectivity index (χ0v) is 12.2. The highest BCUT2D eigenvalue weighted by molar-refractivity contribution is 5.90. The number of hydrogen-bond acceptors (Lipinski definition) is 5. The second kappa shape index (κ2) is 6.88. The first-order chi connectivity index (χ1) is 10.5. The summed E-state index contributed by atoms with van der Waals surface area (Å²) in [6, 6.07) is 5.68. The minimum atomic E-state index is -0.504. The standard InChI is InChI=1S/C14H18N4O4/c1-15-14(20)12-7-4-8-17(12)13(19)9-16-10-5-2-3-6-11(10)18(21)22/h2-3,5-6,12,16H,4,7-9H2,1H3,(H,15,20). The number of likely N-dealkylation sites (N-methyl/N-ethyl adjacent to an activating group) is 1. The third kappa shape index (κ3) is 3.33. The molecule has 1 fully saturated rings. The molecule has 1 unspecified atom stereocenters. The fourth-order valence-electron chi connectivity index (χ4n) is 2.56. The third-order valence-electron chi connectivity index (χ3n) is 3.65. The van der Waals surface area contributed by atoms with Crippen LogP contribution in [-0.2, 0) is 9.59 Å². The maximum Gasteiger partial charge on any atom is 0.292 e. The lowest BCUT2D eigenvalue weighted by Crippen LogP contribution is -2.46. The number of carbonyl (C=O) groups excluding carboxylic acids is 2. The van der Waals surface area contributed by atoms with Gasteiger partial charge in [0.05, 0.1) is 11.5 Å². The molecule has 2 amide bonds. The van der Waals surface area contributed by atoms with E-state index in [9.17, 15) is 19.7 Å². The smallest absolute Gasteiger partial charge is 0.292 e. The maximum atomic E-state index is 12.2. The molecule has 0 saturated carbocycles. The molecule has 0 aromatic heterocycles. The lowest BCUT2D eigenvalue weighted by atomic mass is 10.2. The predicted molar refractivity (Wildman–Crippen MR) is 80.4 cm³/mol. The van der Waals surface area contributed by atoms with Gasteiger partial charge in [0.1, 0.15) is 11.7 Å². The van der Waals surface area contributed by atoms with E-state index in [-0.39, 0.29) is 29.7 Å². The second-order valence-electron chi connectivity index (χ2n) is 4.99. The number of hydrogen-bond donors (Lipinski definition) is 2. The molecule has 2 rings (SSSR count). The Bertz CT molecular complexity index is 590. The van der Waals surface area contributed by atoms with Crippen molar-refractivity contribution in [3.63, 3.8) is 0 Å². The molecule has 1 aliphatic heterocycles. The number of nitro groups is 1. The zero-order chi connectivity index (χ0) is 16.1. The number of likely N-dealkylation sites (tertiary alicyclic amines) is 1. The molecule has 118 valence electrons. The van der Waals surface area contributed by atoms with Crippen molar-refractivity contribution >= 4 is 23.2 Å². The van der Waals surface area contributed by atoms with Crippen LogP contribution < -0.4 is 10.6 Å². The van der Waals surface area contributed by atoms with Crippen molar-refractivity contribution in [2.75, 3.05) is 25.5 Å². The molecule has 2 N–H and O–H groups in total. The third-order valence-corrected chi connectivity index (χ3v) is 3.65. The molecule has 0 bridgehead atoms. The Morgan fingerprint density at radius 2 is 2.14 bits per heavy atom. The quantitative estimate of drug-likeness (QED) is 0.617. The molecule has 1 atom stereocenters. The van der Waals surface area contributed by atoms with E-state index in [2.05, 4.69) is 10.6 Å². The van der Waals surface area contributed by atoms with E-state index >= 15 is 0 Å². The summed E-state index contributed by atoms with van der Waals surface area (Å²) in [6.45, 7) is 0.438. The van der Waals surface area contributed by atoms with Gasteiger partial charge in [-0.1, -0.05) is 12.1 Å². The number of benzene rings is 1. The number of rotatable bonds is 5. The average Bonchev–Trinajstić information content (AvgIpc) is 3.01. The topological polar surface area (TPSA) is 105 Å². The zero-order valence-electron chi connectivity index (χ0n) is 12.2. The van der Waals surface area contributed by atoms with Gasteiger partial charge in [-0.25, -0.2) is 0 Å². The van der Waals surface area contributed by atoms with Crippen molar-refractivity contribution in [3.05, 3.63) is 34.4 Å². The van der Waals surface area contributed by atoms with Crippen LogP contribution in [0.2, 0.25) is 0 Å². The Balaban J connectivity index is 2.01. The second-order valence-corrected chi connectivity index (χ2v) is 4.99. The fourth-order valence-corrected chi connectivity index (χ4v) is 2.56. The number of amides is 2. The van der Waals surface area contributed by atoms with Gasteiger partial charge in [0.2, 0.25) is 11.8 Å². The Labute approximate surface area is 127 Å². The summed E-state index contributed by atoms with van der Waals surface area (Å²) in [7, 11) is 1.54. The van der Waals surface area contributed by atoms with Crippen LogP contribution in [0, 0.1) is 10.1 Å². The van der Waals surface area contributed by atoms with Gasteiger partial charge in [0, 0.05) is 19.7 Å². The van der Waals surface area contributed by atoms with Crippen LogP contribution in [0.4, 0.5) is 11.4 Å². The van der Waals surface area contributed by atoms with E-state index in [0.717, 1.165) is 6.42 Å². The predicted octanol–water partition coefficient (Wildman–Crippen LogP) is 0.744. The lowest BCUT2D eigenvalue weighted by Gasteiger charge is -2.23. The molecule has 22 heavy (non-hydrogen) atoms. The highest BCUT2D eigenvalue weighted by atomic mass is 16.6. The minimum absolute atomic E-state index is 0.0837. The number of anilines is 1. The van der Waals surface area contributed by atoms with Crippen LogP contribution in [0.3, 0.4) is 0 Å². The number of nitrogens with one attached hydrogen (secondary N) is 2. The highest BCUT2D eigenvalue weighted by Gasteiger charge is 2.33. The van der Waals surface area contributed by atoms with Gasteiger partial charge in [-0.3, -0.25) is 19.7 Å². The first-order valence-corrected chi connectivity index (χ1v) is 7.03. The molecule has 0 radical (unpaired) electrons. The van der Waals surface area contributed by atoms with Gasteiger partial charge in [-0.05, 0) is 18.9 Å². The van der Waals surface area contributed by atoms with E-state index in [1.807, 2.05) is 0 Å². The summed E-state index contributed by atoms with van der Waals surface area (Å²) in [6.07, 6.45) is 1.41. The molecule has 1 aromatic carbocycles. The van der Waals surface area contributed by atoms with Crippen LogP contribution in [0.1, 0.15) is 12.8 Å². The number of nitro benzene ring substituents is 1. The van der Waals surface area contributed by atoms with E-state index in [4.69, 9.17) is 0 Å². The SMILES string of the molecule is CNC(=O)C1CCCN1C(=O)CNc1ccccc1[N+](=O)[O-]. The summed E-state index contributed by atoms with van der Waals surface area (Å²) in [5.74, 6) is -0.430. The van der Waals surface area contributed by atoms with Crippen molar-refractivity contribution in [1.29, 1.82) is 0 Å². The molecule has 1 aliphatic rings. The summed E-state index contributed by atoms with van der Waals surface area (Å²) in [5, 5.41) is 16.3. The van der Waals surface area contributed by atoms with Crippen molar-refractivity contribution in [2.45, 2.75) is 18.9 Å². The molecule has 0 spiro atoms. The molecular formula is C14H18N4O4. The Morgan fingerprint density at radius 1 is 1.41 bits per heavy atom. The van der Waals surface area contributed by atoms with Crippen LogP contribution in [0.25, 0.3) is 0 Å². The Morgan fingerprint density at radius 3 is 2.82 bits per heavy atom. The molecule has 1 saturated heterocycles. The van der Waals surface area contributed by atoms with Crippen LogP contribution in [0.15, 0.2) is 24.3 Å². The van der Waals surface area contributed by atoms with Crippen molar-refractivity contribution in [2.24, 2.45) is 0 Å². The van der Waals surface area contributed by atoms with Crippen molar-refractivity contribution in [1.82, 2.24) is 10.2 Å². The Kier molecular flexibility index (Phi) is 4.92. The molecule has 1 aromatic rings. The van der Waals surface area contributed by atoms with Crippen LogP contribution in [0.5, 0.6) is 0 Å². The highest BCUT2D eigenvalue weighted by Crippen LogP contribution is 2.23. The number of carbonyl (C=O) groups is 2. The largest absolute Gasteiger partial charge is 0.371 e. The molecular weight excluding hydrogens is 288 g/mol. The van der Waals surface area contributed by atoms with Gasteiger partial charge in [0.15, 0.2) is 0 Å². The van der Waals surface area contributed by atoms with Crippen molar-refractivity contribution in [3.8, 4) is 0 Å². The fraction of sp³-hybridized carbons (Fsp3) is 0.429. The summed E-state index contributed by atoms with van der Waals surface area (Å²) < 4.78 is 0. The van der Waals surface area contributed by atoms with E-state index in [1.165, 1.54) is 18.0 Å². The first kappa shape index (κ1) is 15.7. The minimum Gasteiger partial charge on any atom is -0.371 e. The van der Waals surface area contributed by atoms with Gasteiger partial charge >= 0.3 is 0 Å². The normalized spacial score (nSPS) is 17.1.